The number of hydrogen-bond acceptors (Lipinski definition) is 9. The highest BCUT2D eigenvalue weighted by atomic mass is 32.1. The Labute approximate surface area is 277 Å². The Bertz CT molecular complexity index is 1550. The smallest absolute Gasteiger partial charge is 0.270 e. The summed E-state index contributed by atoms with van der Waals surface area (Å²) in [7, 11) is 1.98. The van der Waals surface area contributed by atoms with Crippen molar-refractivity contribution in [1.29, 1.82) is 0 Å². The Kier molecular flexibility index (Phi) is 11.3. The van der Waals surface area contributed by atoms with Crippen molar-refractivity contribution in [3.05, 3.63) is 58.6 Å². The minimum absolute atomic E-state index is 0.0391. The van der Waals surface area contributed by atoms with Crippen LogP contribution in [0.5, 0.6) is 0 Å². The topological polar surface area (TPSA) is 154 Å². The first-order chi connectivity index (χ1) is 22.6. The second-order valence-electron chi connectivity index (χ2n) is 12.5. The number of carbonyl (C=O) groups excluding carboxylic acids is 4. The molecule has 47 heavy (non-hydrogen) atoms. The van der Waals surface area contributed by atoms with Gasteiger partial charge in [-0.25, -0.2) is 4.39 Å². The molecule has 4 amide bonds. The van der Waals surface area contributed by atoms with Crippen molar-refractivity contribution >= 4 is 40.8 Å². The second-order valence-corrected chi connectivity index (χ2v) is 13.3. The fraction of sp³-hybridized carbons (Fsp3) is 0.531. The fourth-order valence-electron chi connectivity index (χ4n) is 6.16. The molecule has 2 aliphatic rings. The predicted molar refractivity (Wildman–Crippen MR) is 174 cm³/mol. The summed E-state index contributed by atoms with van der Waals surface area (Å²) in [6.07, 6.45) is 7.42. The Morgan fingerprint density at radius 3 is 2.40 bits per heavy atom. The molecular weight excluding hydrogens is 625 g/mol. The van der Waals surface area contributed by atoms with E-state index in [4.69, 9.17) is 0 Å². The van der Waals surface area contributed by atoms with E-state index in [0.717, 1.165) is 43.6 Å². The summed E-state index contributed by atoms with van der Waals surface area (Å²) >= 11 is 0.918. The number of nitrogens with zero attached hydrogens (tertiary/aromatic N) is 6. The Morgan fingerprint density at radius 2 is 1.74 bits per heavy atom. The third kappa shape index (κ3) is 8.57. The number of halogens is 1. The van der Waals surface area contributed by atoms with Crippen LogP contribution in [0.2, 0.25) is 0 Å². The maximum atomic E-state index is 15.6. The first-order valence-corrected chi connectivity index (χ1v) is 16.9. The van der Waals surface area contributed by atoms with Crippen molar-refractivity contribution in [3.63, 3.8) is 0 Å². The minimum Gasteiger partial charge on any atom is -0.339 e. The number of hydrogen-bond donors (Lipinski definition) is 3. The molecule has 1 aliphatic carbocycles. The number of amides is 4. The van der Waals surface area contributed by atoms with Gasteiger partial charge in [0.15, 0.2) is 0 Å². The Morgan fingerprint density at radius 1 is 1.00 bits per heavy atom. The van der Waals surface area contributed by atoms with Gasteiger partial charge in [-0.15, -0.1) is 5.10 Å². The van der Waals surface area contributed by atoms with Crippen LogP contribution < -0.4 is 16.0 Å². The predicted octanol–water partition coefficient (Wildman–Crippen LogP) is 2.89. The van der Waals surface area contributed by atoms with E-state index in [2.05, 4.69) is 35.5 Å². The average molecular weight is 668 g/mol. The molecule has 2 fully saturated rings. The summed E-state index contributed by atoms with van der Waals surface area (Å²) in [5.74, 6) is -2.43. The quantitative estimate of drug-likeness (QED) is 0.282. The van der Waals surface area contributed by atoms with Gasteiger partial charge in [0.25, 0.3) is 11.8 Å². The largest absolute Gasteiger partial charge is 0.339 e. The van der Waals surface area contributed by atoms with Gasteiger partial charge in [-0.05, 0) is 74.9 Å². The molecule has 3 aromatic rings. The monoisotopic (exact) mass is 667 g/mol. The van der Waals surface area contributed by atoms with Gasteiger partial charge in [0.05, 0.1) is 11.9 Å². The molecule has 1 aliphatic heterocycles. The average Bonchev–Trinajstić information content (AvgIpc) is 3.79. The van der Waals surface area contributed by atoms with Crippen LogP contribution in [0, 0.1) is 11.7 Å². The number of nitrogens with one attached hydrogen (secondary N) is 3. The normalized spacial score (nSPS) is 17.3. The molecular formula is C32H42FN9O4S. The summed E-state index contributed by atoms with van der Waals surface area (Å²) in [5.41, 5.74) is 0.779. The van der Waals surface area contributed by atoms with Crippen LogP contribution in [0.4, 0.5) is 10.1 Å². The highest BCUT2D eigenvalue weighted by molar-refractivity contribution is 7.07. The molecule has 3 heterocycles. The van der Waals surface area contributed by atoms with Crippen LogP contribution in [0.15, 0.2) is 36.7 Å². The summed E-state index contributed by atoms with van der Waals surface area (Å²) in [4.78, 5) is 57.4. The van der Waals surface area contributed by atoms with Crippen LogP contribution in [-0.2, 0) is 16.0 Å². The number of carbonyl (C=O) groups is 4. The maximum absolute atomic E-state index is 15.6. The van der Waals surface area contributed by atoms with E-state index < -0.39 is 35.6 Å². The van der Waals surface area contributed by atoms with Gasteiger partial charge in [0.1, 0.15) is 28.5 Å². The Balaban J connectivity index is 1.30. The van der Waals surface area contributed by atoms with E-state index in [9.17, 15) is 19.2 Å². The van der Waals surface area contributed by atoms with E-state index >= 15 is 4.39 Å². The molecule has 5 rings (SSSR count). The number of anilines is 1. The minimum atomic E-state index is -0.946. The van der Waals surface area contributed by atoms with Gasteiger partial charge in [-0.3, -0.25) is 23.9 Å². The molecule has 252 valence electrons. The highest BCUT2D eigenvalue weighted by Crippen LogP contribution is 2.28. The SMILES string of the molecule is CC(C)n1nccc1C(=O)N[C@H](C(=O)Nc1ccc(C[C@@H](NC(=O)c2cnns2)C(=O)N2CCN(C)CC2)cc1F)C1CCCCC1. The van der Waals surface area contributed by atoms with E-state index in [1.807, 2.05) is 20.9 Å². The standard InChI is InChI=1S/C32H42FN9O4S/c1-20(2)42-26(11-12-35-42)29(43)38-28(22-7-5-4-6-8-22)31(45)36-24-10-9-21(17-23(24)33)18-25(37-30(44)27-19-34-39-47-27)32(46)41-15-13-40(3)14-16-41/h9-12,17,19-20,22,25,28H,4-8,13-16,18H2,1-3H3,(H,36,45)(H,37,44)(H,38,43)/t25-,28+/m1/s1. The molecule has 13 nitrogen and oxygen atoms in total. The van der Waals surface area contributed by atoms with Crippen molar-refractivity contribution in [3.8, 4) is 0 Å². The number of aromatic nitrogens is 4. The van der Waals surface area contributed by atoms with E-state index in [1.165, 1.54) is 18.3 Å². The number of piperazine rings is 1. The molecule has 1 saturated heterocycles. The molecule has 1 saturated carbocycles. The lowest BCUT2D eigenvalue weighted by Crippen LogP contribution is -2.54. The zero-order valence-electron chi connectivity index (χ0n) is 26.9. The first-order valence-electron chi connectivity index (χ1n) is 16.1. The molecule has 0 unspecified atom stereocenters. The molecule has 2 aromatic heterocycles. The van der Waals surface area contributed by atoms with Crippen molar-refractivity contribution < 1.29 is 23.6 Å². The van der Waals surface area contributed by atoms with E-state index in [0.29, 0.717) is 37.4 Å². The van der Waals surface area contributed by atoms with Crippen LogP contribution >= 0.6 is 11.5 Å². The van der Waals surface area contributed by atoms with E-state index in [-0.39, 0.29) is 34.9 Å². The lowest BCUT2D eigenvalue weighted by atomic mass is 9.83. The van der Waals surface area contributed by atoms with Gasteiger partial charge in [-0.2, -0.15) is 5.10 Å². The zero-order valence-corrected chi connectivity index (χ0v) is 27.8. The highest BCUT2D eigenvalue weighted by Gasteiger charge is 2.33. The summed E-state index contributed by atoms with van der Waals surface area (Å²) in [5, 5.41) is 16.3. The third-order valence-electron chi connectivity index (χ3n) is 8.82. The number of rotatable bonds is 11. The molecule has 0 bridgehead atoms. The van der Waals surface area contributed by atoms with Crippen molar-refractivity contribution in [1.82, 2.24) is 39.8 Å². The van der Waals surface area contributed by atoms with Crippen LogP contribution in [-0.4, -0.2) is 98.1 Å². The van der Waals surface area contributed by atoms with E-state index in [1.54, 1.807) is 27.9 Å². The Hall–Kier alpha value is -4.24. The number of benzene rings is 1. The van der Waals surface area contributed by atoms with Gasteiger partial charge in [-0.1, -0.05) is 29.8 Å². The molecule has 15 heteroatoms. The fourth-order valence-corrected chi connectivity index (χ4v) is 6.58. The summed E-state index contributed by atoms with van der Waals surface area (Å²) in [6.45, 7) is 6.27. The third-order valence-corrected chi connectivity index (χ3v) is 9.48. The van der Waals surface area contributed by atoms with Gasteiger partial charge in [0.2, 0.25) is 11.8 Å². The zero-order chi connectivity index (χ0) is 33.5. The first kappa shape index (κ1) is 34.1. The van der Waals surface area contributed by atoms with Crippen molar-refractivity contribution in [2.24, 2.45) is 5.92 Å². The number of likely N-dealkylation sites (N-methyl/N-ethyl adjacent to an activating group) is 1. The maximum Gasteiger partial charge on any atom is 0.270 e. The molecule has 1 aromatic carbocycles. The summed E-state index contributed by atoms with van der Waals surface area (Å²) < 4.78 is 20.9. The molecule has 0 spiro atoms. The van der Waals surface area contributed by atoms with Gasteiger partial charge in [0, 0.05) is 44.8 Å². The molecule has 0 radical (unpaired) electrons. The molecule has 2 atom stereocenters. The summed E-state index contributed by atoms with van der Waals surface area (Å²) in [6, 6.07) is 4.09. The van der Waals surface area contributed by atoms with Crippen LogP contribution in [0.1, 0.15) is 77.7 Å². The van der Waals surface area contributed by atoms with Crippen molar-refractivity contribution in [2.45, 2.75) is 70.5 Å². The lowest BCUT2D eigenvalue weighted by molar-refractivity contribution is -0.134. The van der Waals surface area contributed by atoms with Crippen LogP contribution in [0.25, 0.3) is 0 Å². The molecule has 3 N–H and O–H groups in total. The lowest BCUT2D eigenvalue weighted by Gasteiger charge is -2.34. The van der Waals surface area contributed by atoms with Crippen LogP contribution in [0.3, 0.4) is 0 Å². The van der Waals surface area contributed by atoms with Gasteiger partial charge >= 0.3 is 0 Å². The van der Waals surface area contributed by atoms with Gasteiger partial charge < -0.3 is 25.8 Å². The van der Waals surface area contributed by atoms with Crippen molar-refractivity contribution in [2.75, 3.05) is 38.5 Å². The second kappa shape index (κ2) is 15.6.